The summed E-state index contributed by atoms with van der Waals surface area (Å²) in [5.74, 6) is -0.262. The first-order valence-corrected chi connectivity index (χ1v) is 7.54. The molecule has 7 heteroatoms. The number of aryl methyl sites for hydroxylation is 1. The molecule has 0 unspecified atom stereocenters. The van der Waals surface area contributed by atoms with E-state index < -0.39 is 5.41 Å². The van der Waals surface area contributed by atoms with E-state index in [2.05, 4.69) is 26.6 Å². The van der Waals surface area contributed by atoms with Crippen molar-refractivity contribution in [1.29, 1.82) is 0 Å². The van der Waals surface area contributed by atoms with Crippen LogP contribution in [0.2, 0.25) is 0 Å². The first kappa shape index (κ1) is 20.7. The smallest absolute Gasteiger partial charge is 0.226 e. The fourth-order valence-corrected chi connectivity index (χ4v) is 2.20. The number of anilines is 2. The van der Waals surface area contributed by atoms with Crippen LogP contribution in [0.15, 0.2) is 16.6 Å². The Hall–Kier alpha value is -1.27. The minimum Gasteiger partial charge on any atom is -0.397 e. The quantitative estimate of drug-likeness (QED) is 0.688. The lowest BCUT2D eigenvalue weighted by Crippen LogP contribution is -2.36. The summed E-state index contributed by atoms with van der Waals surface area (Å²) in [5, 5.41) is 5.50. The van der Waals surface area contributed by atoms with Gasteiger partial charge in [-0.05, 0) is 24.6 Å². The maximum atomic E-state index is 11.9. The summed E-state index contributed by atoms with van der Waals surface area (Å²) in [4.78, 5) is 23.6. The average Bonchev–Trinajstić information content (AvgIpc) is 2.34. The van der Waals surface area contributed by atoms with Gasteiger partial charge in [0.1, 0.15) is 0 Å². The number of nitrogens with two attached hydrogens (primary N) is 1. The van der Waals surface area contributed by atoms with E-state index in [0.29, 0.717) is 17.9 Å². The number of nitrogen functional groups attached to an aromatic ring is 1. The molecule has 0 aliphatic rings. The number of rotatable bonds is 4. The van der Waals surface area contributed by atoms with E-state index in [-0.39, 0.29) is 30.6 Å². The third kappa shape index (κ3) is 6.23. The van der Waals surface area contributed by atoms with Crippen molar-refractivity contribution in [3.8, 4) is 0 Å². The highest BCUT2D eigenvalue weighted by Crippen LogP contribution is 2.27. The minimum absolute atomic E-state index is 0. The van der Waals surface area contributed by atoms with E-state index in [4.69, 9.17) is 5.73 Å². The fraction of sp³-hybridized carbons (Fsp3) is 0.467. The highest BCUT2D eigenvalue weighted by atomic mass is 79.9. The Morgan fingerprint density at radius 2 is 1.86 bits per heavy atom. The van der Waals surface area contributed by atoms with E-state index in [0.717, 1.165) is 10.0 Å². The van der Waals surface area contributed by atoms with Crippen molar-refractivity contribution in [1.82, 2.24) is 5.32 Å². The summed E-state index contributed by atoms with van der Waals surface area (Å²) >= 11 is 3.37. The Labute approximate surface area is 145 Å². The molecule has 124 valence electrons. The first-order chi connectivity index (χ1) is 9.61. The van der Waals surface area contributed by atoms with Crippen molar-refractivity contribution in [3.63, 3.8) is 0 Å². The molecule has 0 spiro atoms. The molecule has 0 aromatic heterocycles. The van der Waals surface area contributed by atoms with Crippen LogP contribution in [0.25, 0.3) is 0 Å². The van der Waals surface area contributed by atoms with Crippen LogP contribution >= 0.6 is 28.3 Å². The van der Waals surface area contributed by atoms with Crippen molar-refractivity contribution in [2.75, 3.05) is 17.6 Å². The molecule has 0 bridgehead atoms. The van der Waals surface area contributed by atoms with Gasteiger partial charge in [-0.2, -0.15) is 0 Å². The van der Waals surface area contributed by atoms with Gasteiger partial charge in [-0.25, -0.2) is 0 Å². The van der Waals surface area contributed by atoms with Gasteiger partial charge in [0, 0.05) is 22.9 Å². The second-order valence-corrected chi connectivity index (χ2v) is 6.90. The highest BCUT2D eigenvalue weighted by molar-refractivity contribution is 9.10. The van der Waals surface area contributed by atoms with Crippen molar-refractivity contribution in [2.45, 2.75) is 34.1 Å². The van der Waals surface area contributed by atoms with Crippen molar-refractivity contribution in [2.24, 2.45) is 5.41 Å². The van der Waals surface area contributed by atoms with Crippen molar-refractivity contribution < 1.29 is 9.59 Å². The Bertz CT molecular complexity index is 556. The van der Waals surface area contributed by atoms with Gasteiger partial charge in [-0.1, -0.05) is 36.7 Å². The Kier molecular flexibility index (Phi) is 7.90. The Balaban J connectivity index is 0.00000441. The molecule has 0 saturated carbocycles. The van der Waals surface area contributed by atoms with E-state index in [1.807, 2.05) is 33.8 Å². The average molecular weight is 393 g/mol. The molecule has 0 saturated heterocycles. The van der Waals surface area contributed by atoms with Gasteiger partial charge in [0.05, 0.1) is 11.4 Å². The number of amides is 2. The molecule has 1 aromatic carbocycles. The molecule has 4 N–H and O–H groups in total. The predicted molar refractivity (Wildman–Crippen MR) is 96.3 cm³/mol. The van der Waals surface area contributed by atoms with Crippen LogP contribution in [0.1, 0.15) is 32.8 Å². The van der Waals surface area contributed by atoms with Crippen molar-refractivity contribution in [3.05, 3.63) is 22.2 Å². The van der Waals surface area contributed by atoms with Crippen LogP contribution in [0.3, 0.4) is 0 Å². The molecule has 22 heavy (non-hydrogen) atoms. The van der Waals surface area contributed by atoms with Crippen molar-refractivity contribution >= 4 is 51.5 Å². The summed E-state index contributed by atoms with van der Waals surface area (Å²) in [6.07, 6.45) is 0.201. The first-order valence-electron chi connectivity index (χ1n) is 6.75. The van der Waals surface area contributed by atoms with Crippen LogP contribution in [0.5, 0.6) is 0 Å². The van der Waals surface area contributed by atoms with E-state index >= 15 is 0 Å². The van der Waals surface area contributed by atoms with Gasteiger partial charge < -0.3 is 16.4 Å². The largest absolute Gasteiger partial charge is 0.397 e. The summed E-state index contributed by atoms with van der Waals surface area (Å²) < 4.78 is 0.852. The number of nitrogens with one attached hydrogen (secondary N) is 2. The summed E-state index contributed by atoms with van der Waals surface area (Å²) in [5.41, 5.74) is 7.49. The van der Waals surface area contributed by atoms with E-state index in [1.165, 1.54) is 0 Å². The molecule has 1 rings (SSSR count). The molecular formula is C15H23BrClN3O2. The number of hydrogen-bond donors (Lipinski definition) is 3. The lowest BCUT2D eigenvalue weighted by Gasteiger charge is -2.17. The molecule has 0 radical (unpaired) electrons. The van der Waals surface area contributed by atoms with Crippen LogP contribution in [0, 0.1) is 12.3 Å². The third-order valence-corrected chi connectivity index (χ3v) is 3.40. The lowest BCUT2D eigenvalue weighted by molar-refractivity contribution is -0.128. The van der Waals surface area contributed by atoms with Gasteiger partial charge in [0.2, 0.25) is 11.8 Å². The standard InChI is InChI=1S/C15H22BrN3O2.ClH/c1-9-7-10(16)8-11(13(9)17)19-12(20)5-6-18-14(21)15(2,3)4;/h7-8H,5-6,17H2,1-4H3,(H,18,21)(H,19,20);1H. The molecule has 0 aliphatic carbocycles. The second kappa shape index (κ2) is 8.39. The predicted octanol–water partition coefficient (Wildman–Crippen LogP) is 3.25. The second-order valence-electron chi connectivity index (χ2n) is 5.99. The van der Waals surface area contributed by atoms with E-state index in [1.54, 1.807) is 6.07 Å². The Morgan fingerprint density at radius 1 is 1.27 bits per heavy atom. The number of hydrogen-bond acceptors (Lipinski definition) is 3. The molecule has 1 aromatic rings. The van der Waals surface area contributed by atoms with E-state index in [9.17, 15) is 9.59 Å². The lowest BCUT2D eigenvalue weighted by atomic mass is 9.96. The van der Waals surface area contributed by atoms with Crippen LogP contribution in [-0.4, -0.2) is 18.4 Å². The SMILES string of the molecule is Cc1cc(Br)cc(NC(=O)CCNC(=O)C(C)(C)C)c1N.Cl. The van der Waals surface area contributed by atoms with Gasteiger partial charge in [0.25, 0.3) is 0 Å². The summed E-state index contributed by atoms with van der Waals surface area (Å²) in [6.45, 7) is 7.66. The topological polar surface area (TPSA) is 84.2 Å². The van der Waals surface area contributed by atoms with Crippen LogP contribution < -0.4 is 16.4 Å². The number of carbonyl (C=O) groups is 2. The zero-order chi connectivity index (χ0) is 16.2. The third-order valence-electron chi connectivity index (χ3n) is 2.94. The van der Waals surface area contributed by atoms with Crippen LogP contribution in [0.4, 0.5) is 11.4 Å². The number of benzene rings is 1. The number of carbonyl (C=O) groups excluding carboxylic acids is 2. The highest BCUT2D eigenvalue weighted by Gasteiger charge is 2.20. The van der Waals surface area contributed by atoms with Gasteiger partial charge >= 0.3 is 0 Å². The van der Waals surface area contributed by atoms with Gasteiger partial charge in [0.15, 0.2) is 0 Å². The van der Waals surface area contributed by atoms with Gasteiger partial charge in [-0.15, -0.1) is 12.4 Å². The minimum atomic E-state index is -0.456. The molecule has 2 amide bonds. The normalized spacial score (nSPS) is 10.6. The van der Waals surface area contributed by atoms with Crippen LogP contribution in [-0.2, 0) is 9.59 Å². The molecule has 0 heterocycles. The zero-order valence-electron chi connectivity index (χ0n) is 13.2. The molecular weight excluding hydrogens is 370 g/mol. The zero-order valence-corrected chi connectivity index (χ0v) is 15.7. The summed E-state index contributed by atoms with van der Waals surface area (Å²) in [6, 6.07) is 3.64. The maximum absolute atomic E-state index is 11.9. The fourth-order valence-electron chi connectivity index (χ4n) is 1.63. The molecule has 0 atom stereocenters. The molecule has 0 aliphatic heterocycles. The molecule has 5 nitrogen and oxygen atoms in total. The number of halogens is 2. The monoisotopic (exact) mass is 391 g/mol. The Morgan fingerprint density at radius 3 is 2.41 bits per heavy atom. The molecule has 0 fully saturated rings. The maximum Gasteiger partial charge on any atom is 0.226 e. The van der Waals surface area contributed by atoms with Gasteiger partial charge in [-0.3, -0.25) is 9.59 Å². The summed E-state index contributed by atoms with van der Waals surface area (Å²) in [7, 11) is 0.